The molecule has 21 heavy (non-hydrogen) atoms. The topological polar surface area (TPSA) is 65.5 Å². The van der Waals surface area contributed by atoms with E-state index in [1.54, 1.807) is 24.1 Å². The molecule has 1 saturated heterocycles. The fraction of sp³-hybridized carbons (Fsp3) is 0.500. The number of carbonyl (C=O) groups excluding carboxylic acids is 2. The second-order valence-corrected chi connectivity index (χ2v) is 5.30. The van der Waals surface area contributed by atoms with Gasteiger partial charge in [-0.15, -0.1) is 0 Å². The van der Waals surface area contributed by atoms with Gasteiger partial charge in [0.2, 0.25) is 0 Å². The Bertz CT molecular complexity index is 550. The number of nitrogens with one attached hydrogen (secondary N) is 1. The molecule has 6 nitrogen and oxygen atoms in total. The number of anilines is 1. The number of halogens is 1. The van der Waals surface area contributed by atoms with E-state index >= 15 is 0 Å². The van der Waals surface area contributed by atoms with Crippen LogP contribution < -0.4 is 5.32 Å². The summed E-state index contributed by atoms with van der Waals surface area (Å²) in [5, 5.41) is 3.42. The van der Waals surface area contributed by atoms with Crippen LogP contribution >= 0.6 is 11.6 Å². The van der Waals surface area contributed by atoms with Crippen LogP contribution in [0.5, 0.6) is 0 Å². The van der Waals surface area contributed by atoms with Crippen molar-refractivity contribution in [2.75, 3.05) is 32.0 Å². The fourth-order valence-electron chi connectivity index (χ4n) is 2.26. The largest absolute Gasteiger partial charge is 0.373 e. The lowest BCUT2D eigenvalue weighted by Gasteiger charge is -2.33. The molecule has 7 heteroatoms. The number of hydrogen-bond donors (Lipinski definition) is 1. The Morgan fingerprint density at radius 2 is 1.90 bits per heavy atom. The van der Waals surface area contributed by atoms with Crippen molar-refractivity contribution in [1.82, 2.24) is 14.8 Å². The molecule has 1 aromatic heterocycles. The van der Waals surface area contributed by atoms with Gasteiger partial charge in [0.1, 0.15) is 5.82 Å². The fourth-order valence-corrected chi connectivity index (χ4v) is 2.43. The van der Waals surface area contributed by atoms with Gasteiger partial charge in [0.25, 0.3) is 0 Å². The molecule has 1 N–H and O–H groups in total. The SMILES string of the molecule is CCCN1CCN(Cc2nc(NC)ccc2Cl)C(=O)C1=O. The molecule has 0 aromatic carbocycles. The first-order valence-corrected chi connectivity index (χ1v) is 7.36. The summed E-state index contributed by atoms with van der Waals surface area (Å²) in [5.74, 6) is -0.246. The molecule has 2 heterocycles. The molecule has 0 saturated carbocycles. The van der Waals surface area contributed by atoms with Crippen LogP contribution in [-0.4, -0.2) is 53.3 Å². The van der Waals surface area contributed by atoms with Crippen LogP contribution in [0.2, 0.25) is 5.02 Å². The van der Waals surface area contributed by atoms with E-state index in [2.05, 4.69) is 10.3 Å². The Balaban J connectivity index is 2.10. The zero-order valence-corrected chi connectivity index (χ0v) is 13.0. The molecule has 1 aliphatic rings. The first kappa shape index (κ1) is 15.6. The van der Waals surface area contributed by atoms with Crippen molar-refractivity contribution < 1.29 is 9.59 Å². The van der Waals surface area contributed by atoms with Crippen LogP contribution in [0, 0.1) is 0 Å². The summed E-state index contributed by atoms with van der Waals surface area (Å²) in [6.45, 7) is 3.91. The summed E-state index contributed by atoms with van der Waals surface area (Å²) in [6, 6.07) is 3.49. The highest BCUT2D eigenvalue weighted by molar-refractivity contribution is 6.35. The molecule has 1 fully saturated rings. The molecule has 0 unspecified atom stereocenters. The Hall–Kier alpha value is -1.82. The van der Waals surface area contributed by atoms with Gasteiger partial charge in [0.15, 0.2) is 0 Å². The van der Waals surface area contributed by atoms with Crippen molar-refractivity contribution in [3.05, 3.63) is 22.8 Å². The zero-order chi connectivity index (χ0) is 15.4. The number of carbonyl (C=O) groups is 2. The maximum Gasteiger partial charge on any atom is 0.312 e. The quantitative estimate of drug-likeness (QED) is 0.834. The van der Waals surface area contributed by atoms with Crippen molar-refractivity contribution in [2.24, 2.45) is 0 Å². The van der Waals surface area contributed by atoms with Gasteiger partial charge in [-0.05, 0) is 18.6 Å². The minimum Gasteiger partial charge on any atom is -0.373 e. The summed E-state index contributed by atoms with van der Waals surface area (Å²) in [6.07, 6.45) is 0.844. The Morgan fingerprint density at radius 3 is 2.57 bits per heavy atom. The maximum atomic E-state index is 12.1. The van der Waals surface area contributed by atoms with Crippen molar-refractivity contribution >= 4 is 29.2 Å². The Kier molecular flexibility index (Phi) is 5.01. The first-order valence-electron chi connectivity index (χ1n) is 6.98. The van der Waals surface area contributed by atoms with Crippen LogP contribution in [0.1, 0.15) is 19.0 Å². The molecular formula is C14H19ClN4O2. The van der Waals surface area contributed by atoms with E-state index in [4.69, 9.17) is 11.6 Å². The van der Waals surface area contributed by atoms with Crippen LogP contribution in [0.3, 0.4) is 0 Å². The van der Waals surface area contributed by atoms with Gasteiger partial charge in [0.05, 0.1) is 17.3 Å². The highest BCUT2D eigenvalue weighted by atomic mass is 35.5. The zero-order valence-electron chi connectivity index (χ0n) is 12.2. The van der Waals surface area contributed by atoms with Gasteiger partial charge in [-0.1, -0.05) is 18.5 Å². The van der Waals surface area contributed by atoms with Crippen molar-refractivity contribution in [3.8, 4) is 0 Å². The van der Waals surface area contributed by atoms with Gasteiger partial charge >= 0.3 is 11.8 Å². The van der Waals surface area contributed by atoms with Gasteiger partial charge < -0.3 is 15.1 Å². The third-order valence-electron chi connectivity index (χ3n) is 3.41. The number of piperazine rings is 1. The first-order chi connectivity index (χ1) is 10.1. The highest BCUT2D eigenvalue weighted by Crippen LogP contribution is 2.19. The smallest absolute Gasteiger partial charge is 0.312 e. The molecular weight excluding hydrogens is 292 g/mol. The van der Waals surface area contributed by atoms with Gasteiger partial charge in [-0.2, -0.15) is 0 Å². The Labute approximate surface area is 129 Å². The monoisotopic (exact) mass is 310 g/mol. The van der Waals surface area contributed by atoms with E-state index in [1.807, 2.05) is 6.92 Å². The van der Waals surface area contributed by atoms with Crippen molar-refractivity contribution in [1.29, 1.82) is 0 Å². The van der Waals surface area contributed by atoms with Crippen molar-refractivity contribution in [2.45, 2.75) is 19.9 Å². The summed E-state index contributed by atoms with van der Waals surface area (Å²) in [7, 11) is 1.76. The van der Waals surface area contributed by atoms with Crippen LogP contribution in [0.15, 0.2) is 12.1 Å². The molecule has 0 spiro atoms. The molecule has 2 rings (SSSR count). The Morgan fingerprint density at radius 1 is 1.24 bits per heavy atom. The molecule has 0 bridgehead atoms. The predicted octanol–water partition coefficient (Wildman–Crippen LogP) is 1.36. The molecule has 0 aliphatic carbocycles. The minimum absolute atomic E-state index is 0.249. The molecule has 114 valence electrons. The summed E-state index contributed by atoms with van der Waals surface area (Å²) in [4.78, 5) is 31.6. The van der Waals surface area contributed by atoms with Gasteiger partial charge in [-0.3, -0.25) is 9.59 Å². The van der Waals surface area contributed by atoms with E-state index in [9.17, 15) is 9.59 Å². The molecule has 0 radical (unpaired) electrons. The van der Waals surface area contributed by atoms with E-state index in [0.717, 1.165) is 6.42 Å². The van der Waals surface area contributed by atoms with E-state index < -0.39 is 11.8 Å². The number of rotatable bonds is 5. The molecule has 1 aromatic rings. The average molecular weight is 311 g/mol. The van der Waals surface area contributed by atoms with Crippen LogP contribution in [-0.2, 0) is 16.1 Å². The van der Waals surface area contributed by atoms with E-state index in [1.165, 1.54) is 4.90 Å². The number of hydrogen-bond acceptors (Lipinski definition) is 4. The normalized spacial score (nSPS) is 15.6. The number of amides is 2. The van der Waals surface area contributed by atoms with Crippen LogP contribution in [0.25, 0.3) is 0 Å². The lowest BCUT2D eigenvalue weighted by Crippen LogP contribution is -2.54. The summed E-state index contributed by atoms with van der Waals surface area (Å²) < 4.78 is 0. The van der Waals surface area contributed by atoms with Gasteiger partial charge in [-0.25, -0.2) is 4.98 Å². The third-order valence-corrected chi connectivity index (χ3v) is 3.75. The van der Waals surface area contributed by atoms with Crippen LogP contribution in [0.4, 0.5) is 5.82 Å². The molecule has 2 amide bonds. The van der Waals surface area contributed by atoms with Crippen molar-refractivity contribution in [3.63, 3.8) is 0 Å². The second-order valence-electron chi connectivity index (χ2n) is 4.89. The molecule has 1 aliphatic heterocycles. The lowest BCUT2D eigenvalue weighted by atomic mass is 10.2. The number of aromatic nitrogens is 1. The standard InChI is InChI=1S/C14H19ClN4O2/c1-3-6-18-7-8-19(14(21)13(18)20)9-11-10(15)4-5-12(16-2)17-11/h4-5H,3,6-9H2,1-2H3,(H,16,17). The average Bonchev–Trinajstić information content (AvgIpc) is 2.49. The predicted molar refractivity (Wildman–Crippen MR) is 81.1 cm³/mol. The minimum atomic E-state index is -0.484. The summed E-state index contributed by atoms with van der Waals surface area (Å²) in [5.41, 5.74) is 0.591. The van der Waals surface area contributed by atoms with Gasteiger partial charge in [0, 0.05) is 26.7 Å². The maximum absolute atomic E-state index is 12.1. The van der Waals surface area contributed by atoms with E-state index in [-0.39, 0.29) is 6.54 Å². The highest BCUT2D eigenvalue weighted by Gasteiger charge is 2.32. The number of pyridine rings is 1. The third kappa shape index (κ3) is 3.44. The van der Waals surface area contributed by atoms with E-state index in [0.29, 0.717) is 36.2 Å². The molecule has 0 atom stereocenters. The second kappa shape index (κ2) is 6.76. The summed E-state index contributed by atoms with van der Waals surface area (Å²) >= 11 is 6.11. The lowest BCUT2D eigenvalue weighted by molar-refractivity contribution is -0.156. The number of nitrogens with zero attached hydrogens (tertiary/aromatic N) is 3.